The third kappa shape index (κ3) is 1.08. The van der Waals surface area contributed by atoms with E-state index in [1.807, 2.05) is 24.3 Å². The third-order valence-electron chi connectivity index (χ3n) is 2.49. The van der Waals surface area contributed by atoms with Crippen LogP contribution in [0.5, 0.6) is 11.5 Å². The van der Waals surface area contributed by atoms with Crippen LogP contribution in [-0.4, -0.2) is 18.9 Å². The van der Waals surface area contributed by atoms with Crippen LogP contribution in [0, 0.1) is 0 Å². The second-order valence-electron chi connectivity index (χ2n) is 3.38. The highest BCUT2D eigenvalue weighted by atomic mass is 16.6. The van der Waals surface area contributed by atoms with Crippen LogP contribution < -0.4 is 14.8 Å². The number of rotatable bonds is 0. The third-order valence-corrected chi connectivity index (χ3v) is 2.49. The van der Waals surface area contributed by atoms with Gasteiger partial charge in [-0.1, -0.05) is 12.1 Å². The van der Waals surface area contributed by atoms with Crippen molar-refractivity contribution in [1.82, 2.24) is 5.32 Å². The quantitative estimate of drug-likeness (QED) is 0.644. The molecule has 3 rings (SSSR count). The molecule has 1 N–H and O–H groups in total. The summed E-state index contributed by atoms with van der Waals surface area (Å²) < 4.78 is 11.5. The molecule has 0 aromatic heterocycles. The van der Waals surface area contributed by atoms with E-state index in [0.717, 1.165) is 24.5 Å². The minimum atomic E-state index is 0.0508. The second kappa shape index (κ2) is 2.64. The van der Waals surface area contributed by atoms with Gasteiger partial charge in [0.1, 0.15) is 0 Å². The van der Waals surface area contributed by atoms with E-state index in [1.165, 1.54) is 0 Å². The number of ether oxygens (including phenoxy) is 2. The smallest absolute Gasteiger partial charge is 0.187 e. The molecule has 68 valence electrons. The molecule has 3 heteroatoms. The summed E-state index contributed by atoms with van der Waals surface area (Å²) in [5, 5.41) is 3.25. The van der Waals surface area contributed by atoms with Crippen molar-refractivity contribution in [3.05, 3.63) is 24.3 Å². The lowest BCUT2D eigenvalue weighted by molar-refractivity contribution is 0.0319. The zero-order chi connectivity index (χ0) is 8.67. The first-order chi connectivity index (χ1) is 6.43. The summed E-state index contributed by atoms with van der Waals surface area (Å²) in [6.07, 6.45) is 1.27. The zero-order valence-electron chi connectivity index (χ0n) is 7.19. The average Bonchev–Trinajstić information content (AvgIpc) is 2.61. The molecule has 3 nitrogen and oxygen atoms in total. The van der Waals surface area contributed by atoms with E-state index < -0.39 is 0 Å². The number of benzene rings is 1. The van der Waals surface area contributed by atoms with Gasteiger partial charge < -0.3 is 9.47 Å². The molecule has 0 amide bonds. The van der Waals surface area contributed by atoms with Crippen molar-refractivity contribution in [1.29, 1.82) is 0 Å². The first-order valence-corrected chi connectivity index (χ1v) is 4.59. The Labute approximate surface area is 76.7 Å². The summed E-state index contributed by atoms with van der Waals surface area (Å²) in [4.78, 5) is 0. The van der Waals surface area contributed by atoms with Crippen molar-refractivity contribution in [3.8, 4) is 11.5 Å². The molecule has 2 aliphatic heterocycles. The number of hydrogen-bond acceptors (Lipinski definition) is 3. The molecule has 0 aliphatic carbocycles. The molecule has 1 fully saturated rings. The fourth-order valence-corrected chi connectivity index (χ4v) is 1.83. The standard InChI is InChI=1S/C10H11NO2/c1-2-4-8-7(3-1)12-9-5-6-11-10(9)13-8/h1-4,9-11H,5-6H2. The van der Waals surface area contributed by atoms with Crippen LogP contribution in [0.25, 0.3) is 0 Å². The number of hydrogen-bond donors (Lipinski definition) is 1. The van der Waals surface area contributed by atoms with Gasteiger partial charge in [0.05, 0.1) is 0 Å². The predicted octanol–water partition coefficient (Wildman–Crippen LogP) is 1.15. The topological polar surface area (TPSA) is 30.5 Å². The Bertz CT molecular complexity index is 295. The number of nitrogens with one attached hydrogen (secondary N) is 1. The Balaban J connectivity index is 1.97. The van der Waals surface area contributed by atoms with Crippen LogP contribution in [0.15, 0.2) is 24.3 Å². The van der Waals surface area contributed by atoms with Crippen molar-refractivity contribution in [2.75, 3.05) is 6.54 Å². The van der Waals surface area contributed by atoms with Gasteiger partial charge in [-0.25, -0.2) is 0 Å². The second-order valence-corrected chi connectivity index (χ2v) is 3.38. The zero-order valence-corrected chi connectivity index (χ0v) is 7.19. The van der Waals surface area contributed by atoms with Crippen LogP contribution >= 0.6 is 0 Å². The van der Waals surface area contributed by atoms with Gasteiger partial charge in [-0.2, -0.15) is 0 Å². The van der Waals surface area contributed by atoms with Crippen molar-refractivity contribution in [3.63, 3.8) is 0 Å². The lowest BCUT2D eigenvalue weighted by Gasteiger charge is -2.28. The summed E-state index contributed by atoms with van der Waals surface area (Å²) in [5.74, 6) is 1.71. The SMILES string of the molecule is c1ccc2c(c1)OC1CCNC1O2. The van der Waals surface area contributed by atoms with Gasteiger partial charge in [0.25, 0.3) is 0 Å². The van der Waals surface area contributed by atoms with Crippen molar-refractivity contribution >= 4 is 0 Å². The molecule has 0 saturated carbocycles. The molecule has 2 heterocycles. The largest absolute Gasteiger partial charge is 0.481 e. The number of para-hydroxylation sites is 2. The van der Waals surface area contributed by atoms with Crippen LogP contribution in [0.3, 0.4) is 0 Å². The highest BCUT2D eigenvalue weighted by Gasteiger charge is 2.34. The van der Waals surface area contributed by atoms with Crippen molar-refractivity contribution < 1.29 is 9.47 Å². The molecule has 0 radical (unpaired) electrons. The van der Waals surface area contributed by atoms with Crippen LogP contribution in [0.2, 0.25) is 0 Å². The molecule has 2 unspecified atom stereocenters. The molecule has 1 aromatic carbocycles. The molecule has 13 heavy (non-hydrogen) atoms. The van der Waals surface area contributed by atoms with E-state index in [4.69, 9.17) is 9.47 Å². The Morgan fingerprint density at radius 1 is 1.15 bits per heavy atom. The van der Waals surface area contributed by atoms with E-state index in [0.29, 0.717) is 0 Å². The maximum absolute atomic E-state index is 5.77. The maximum atomic E-state index is 5.77. The normalized spacial score (nSPS) is 29.8. The average molecular weight is 177 g/mol. The fourth-order valence-electron chi connectivity index (χ4n) is 1.83. The molecular formula is C10H11NO2. The van der Waals surface area contributed by atoms with Gasteiger partial charge in [0, 0.05) is 13.0 Å². The van der Waals surface area contributed by atoms with Crippen LogP contribution in [0.1, 0.15) is 6.42 Å². The van der Waals surface area contributed by atoms with Crippen LogP contribution in [0.4, 0.5) is 0 Å². The van der Waals surface area contributed by atoms with Crippen LogP contribution in [-0.2, 0) is 0 Å². The van der Waals surface area contributed by atoms with Gasteiger partial charge >= 0.3 is 0 Å². The summed E-state index contributed by atoms with van der Waals surface area (Å²) in [5.41, 5.74) is 0. The molecule has 0 spiro atoms. The van der Waals surface area contributed by atoms with Gasteiger partial charge in [-0.3, -0.25) is 5.32 Å². The summed E-state index contributed by atoms with van der Waals surface area (Å²) in [6.45, 7) is 0.976. The van der Waals surface area contributed by atoms with Gasteiger partial charge in [0.15, 0.2) is 23.8 Å². The molecule has 0 bridgehead atoms. The van der Waals surface area contributed by atoms with E-state index in [1.54, 1.807) is 0 Å². The Morgan fingerprint density at radius 3 is 2.77 bits per heavy atom. The monoisotopic (exact) mass is 177 g/mol. The minimum absolute atomic E-state index is 0.0508. The van der Waals surface area contributed by atoms with Crippen molar-refractivity contribution in [2.24, 2.45) is 0 Å². The fraction of sp³-hybridized carbons (Fsp3) is 0.400. The minimum Gasteiger partial charge on any atom is -0.481 e. The molecule has 1 saturated heterocycles. The van der Waals surface area contributed by atoms with E-state index in [-0.39, 0.29) is 12.3 Å². The Morgan fingerprint density at radius 2 is 1.92 bits per heavy atom. The predicted molar refractivity (Wildman–Crippen MR) is 47.9 cm³/mol. The van der Waals surface area contributed by atoms with E-state index in [9.17, 15) is 0 Å². The first kappa shape index (κ1) is 7.21. The summed E-state index contributed by atoms with van der Waals surface area (Å²) >= 11 is 0. The Kier molecular flexibility index (Phi) is 1.46. The van der Waals surface area contributed by atoms with E-state index >= 15 is 0 Å². The molecular weight excluding hydrogens is 166 g/mol. The van der Waals surface area contributed by atoms with Gasteiger partial charge in [-0.15, -0.1) is 0 Å². The summed E-state index contributed by atoms with van der Waals surface area (Å²) in [6, 6.07) is 7.80. The van der Waals surface area contributed by atoms with Gasteiger partial charge in [0.2, 0.25) is 0 Å². The lowest BCUT2D eigenvalue weighted by Crippen LogP contribution is -2.41. The van der Waals surface area contributed by atoms with Crippen molar-refractivity contribution in [2.45, 2.75) is 18.8 Å². The number of fused-ring (bicyclic) bond motifs is 2. The maximum Gasteiger partial charge on any atom is 0.187 e. The van der Waals surface area contributed by atoms with Gasteiger partial charge in [-0.05, 0) is 12.1 Å². The lowest BCUT2D eigenvalue weighted by atomic mass is 10.2. The molecule has 2 atom stereocenters. The summed E-state index contributed by atoms with van der Waals surface area (Å²) in [7, 11) is 0. The Hall–Kier alpha value is -1.22. The highest BCUT2D eigenvalue weighted by Crippen LogP contribution is 2.34. The first-order valence-electron chi connectivity index (χ1n) is 4.59. The molecule has 2 aliphatic rings. The van der Waals surface area contributed by atoms with E-state index in [2.05, 4.69) is 5.32 Å². The molecule has 1 aromatic rings. The highest BCUT2D eigenvalue weighted by molar-refractivity contribution is 5.41.